The first kappa shape index (κ1) is 14.9. The highest BCUT2D eigenvalue weighted by atomic mass is 28.4. The summed E-state index contributed by atoms with van der Waals surface area (Å²) >= 11 is 0. The van der Waals surface area contributed by atoms with Crippen molar-refractivity contribution in [2.75, 3.05) is 6.61 Å². The van der Waals surface area contributed by atoms with Gasteiger partial charge in [0.2, 0.25) is 0 Å². The molecule has 90 valence electrons. The summed E-state index contributed by atoms with van der Waals surface area (Å²) in [6.07, 6.45) is 4.92. The van der Waals surface area contributed by atoms with Gasteiger partial charge in [-0.15, -0.1) is 6.58 Å². The van der Waals surface area contributed by atoms with Crippen molar-refractivity contribution in [2.24, 2.45) is 0 Å². The topological polar surface area (TPSA) is 18.5 Å². The molecule has 0 aromatic carbocycles. The highest BCUT2D eigenvalue weighted by molar-refractivity contribution is 6.71. The van der Waals surface area contributed by atoms with E-state index in [-0.39, 0.29) is 0 Å². The third-order valence-corrected chi connectivity index (χ3v) is 4.83. The van der Waals surface area contributed by atoms with Gasteiger partial charge in [0, 0.05) is 12.7 Å². The molecular formula is C12H26O2Si. The van der Waals surface area contributed by atoms with Crippen LogP contribution in [-0.4, -0.2) is 21.3 Å². The van der Waals surface area contributed by atoms with E-state index in [1.165, 1.54) is 12.8 Å². The highest BCUT2D eigenvalue weighted by Crippen LogP contribution is 2.18. The smallest absolute Gasteiger partial charge is 0.361 e. The maximum Gasteiger partial charge on any atom is 0.361 e. The molecular weight excluding hydrogens is 204 g/mol. The minimum atomic E-state index is -2.10. The molecule has 1 unspecified atom stereocenters. The number of rotatable bonds is 9. The van der Waals surface area contributed by atoms with Crippen LogP contribution in [-0.2, 0) is 8.85 Å². The Balaban J connectivity index is 4.25. The largest absolute Gasteiger partial charge is 0.392 e. The van der Waals surface area contributed by atoms with Crippen LogP contribution in [0.2, 0.25) is 6.55 Å². The molecule has 0 aromatic rings. The van der Waals surface area contributed by atoms with Crippen LogP contribution in [0.25, 0.3) is 0 Å². The van der Waals surface area contributed by atoms with Crippen LogP contribution < -0.4 is 0 Å². The Kier molecular flexibility index (Phi) is 8.01. The average Bonchev–Trinajstić information content (AvgIpc) is 2.19. The Labute approximate surface area is 95.9 Å². The molecule has 0 saturated heterocycles. The molecule has 0 bridgehead atoms. The summed E-state index contributed by atoms with van der Waals surface area (Å²) in [5.74, 6) is 0. The van der Waals surface area contributed by atoms with Gasteiger partial charge in [0.25, 0.3) is 0 Å². The summed E-state index contributed by atoms with van der Waals surface area (Å²) in [4.78, 5) is 0. The Morgan fingerprint density at radius 2 is 1.73 bits per heavy atom. The second-order valence-electron chi connectivity index (χ2n) is 3.97. The first-order valence-electron chi connectivity index (χ1n) is 6.07. The standard InChI is InChI=1S/C12H26O2Si/c1-6-10-12(11-7-2)14-15(5,9-4)13-8-3/h9,12H,4,6-8,10-11H2,1-3,5H3. The van der Waals surface area contributed by atoms with Crippen LogP contribution in [0.1, 0.15) is 46.5 Å². The summed E-state index contributed by atoms with van der Waals surface area (Å²) in [6, 6.07) is 0. The SMILES string of the molecule is C=C[Si](C)(OCC)OC(CCC)CCC. The molecule has 0 spiro atoms. The minimum Gasteiger partial charge on any atom is -0.392 e. The first-order valence-corrected chi connectivity index (χ1v) is 8.46. The lowest BCUT2D eigenvalue weighted by Crippen LogP contribution is -2.40. The second-order valence-corrected chi connectivity index (χ2v) is 6.93. The molecule has 0 amide bonds. The van der Waals surface area contributed by atoms with Gasteiger partial charge < -0.3 is 8.85 Å². The lowest BCUT2D eigenvalue weighted by atomic mass is 10.1. The quantitative estimate of drug-likeness (QED) is 0.561. The lowest BCUT2D eigenvalue weighted by molar-refractivity contribution is 0.114. The normalized spacial score (nSPS) is 15.3. The van der Waals surface area contributed by atoms with E-state index in [1.54, 1.807) is 0 Å². The Bertz CT molecular complexity index is 167. The van der Waals surface area contributed by atoms with Crippen LogP contribution >= 0.6 is 0 Å². The Morgan fingerprint density at radius 1 is 1.20 bits per heavy atom. The highest BCUT2D eigenvalue weighted by Gasteiger charge is 2.30. The molecule has 0 saturated carbocycles. The molecule has 3 heteroatoms. The molecule has 0 heterocycles. The van der Waals surface area contributed by atoms with E-state index in [0.717, 1.165) is 12.8 Å². The van der Waals surface area contributed by atoms with Crippen molar-refractivity contribution in [3.8, 4) is 0 Å². The van der Waals surface area contributed by atoms with Crippen molar-refractivity contribution in [1.29, 1.82) is 0 Å². The van der Waals surface area contributed by atoms with Crippen molar-refractivity contribution in [1.82, 2.24) is 0 Å². The van der Waals surface area contributed by atoms with Gasteiger partial charge in [-0.25, -0.2) is 0 Å². The maximum absolute atomic E-state index is 6.11. The second kappa shape index (κ2) is 8.08. The zero-order valence-corrected chi connectivity index (χ0v) is 11.7. The van der Waals surface area contributed by atoms with Gasteiger partial charge in [0.15, 0.2) is 0 Å². The summed E-state index contributed by atoms with van der Waals surface area (Å²) in [5.41, 5.74) is 1.88. The summed E-state index contributed by atoms with van der Waals surface area (Å²) in [5, 5.41) is 0. The number of hydrogen-bond acceptors (Lipinski definition) is 2. The van der Waals surface area contributed by atoms with Gasteiger partial charge in [-0.3, -0.25) is 0 Å². The van der Waals surface area contributed by atoms with E-state index in [1.807, 2.05) is 12.6 Å². The van der Waals surface area contributed by atoms with Crippen molar-refractivity contribution in [3.05, 3.63) is 12.3 Å². The van der Waals surface area contributed by atoms with E-state index in [0.29, 0.717) is 12.7 Å². The van der Waals surface area contributed by atoms with E-state index in [9.17, 15) is 0 Å². The summed E-state index contributed by atoms with van der Waals surface area (Å²) in [6.45, 7) is 13.0. The Hall–Kier alpha value is -0.123. The summed E-state index contributed by atoms with van der Waals surface area (Å²) in [7, 11) is -2.10. The van der Waals surface area contributed by atoms with E-state index >= 15 is 0 Å². The van der Waals surface area contributed by atoms with E-state index < -0.39 is 8.56 Å². The van der Waals surface area contributed by atoms with Crippen molar-refractivity contribution in [3.63, 3.8) is 0 Å². The molecule has 0 aromatic heterocycles. The monoisotopic (exact) mass is 230 g/mol. The van der Waals surface area contributed by atoms with Crippen LogP contribution in [0.15, 0.2) is 12.3 Å². The molecule has 0 aliphatic heterocycles. The van der Waals surface area contributed by atoms with Gasteiger partial charge in [-0.05, 0) is 32.0 Å². The fourth-order valence-electron chi connectivity index (χ4n) is 1.66. The van der Waals surface area contributed by atoms with Gasteiger partial charge in [-0.2, -0.15) is 0 Å². The molecule has 15 heavy (non-hydrogen) atoms. The molecule has 0 rings (SSSR count). The van der Waals surface area contributed by atoms with Crippen molar-refractivity contribution >= 4 is 8.56 Å². The van der Waals surface area contributed by atoms with E-state index in [4.69, 9.17) is 8.85 Å². The lowest BCUT2D eigenvalue weighted by Gasteiger charge is -2.28. The van der Waals surface area contributed by atoms with Crippen molar-refractivity contribution in [2.45, 2.75) is 59.1 Å². The summed E-state index contributed by atoms with van der Waals surface area (Å²) < 4.78 is 11.8. The minimum absolute atomic E-state index is 0.348. The molecule has 0 aliphatic rings. The third kappa shape index (κ3) is 6.13. The van der Waals surface area contributed by atoms with Gasteiger partial charge in [0.1, 0.15) is 0 Å². The zero-order chi connectivity index (χ0) is 11.7. The van der Waals surface area contributed by atoms with Crippen LogP contribution in [0.4, 0.5) is 0 Å². The van der Waals surface area contributed by atoms with Gasteiger partial charge >= 0.3 is 8.56 Å². The maximum atomic E-state index is 6.11. The molecule has 2 nitrogen and oxygen atoms in total. The molecule has 0 radical (unpaired) electrons. The zero-order valence-electron chi connectivity index (χ0n) is 10.7. The molecule has 1 atom stereocenters. The third-order valence-electron chi connectivity index (χ3n) is 2.42. The fraction of sp³-hybridized carbons (Fsp3) is 0.833. The predicted octanol–water partition coefficient (Wildman–Crippen LogP) is 3.81. The van der Waals surface area contributed by atoms with Gasteiger partial charge in [-0.1, -0.05) is 26.7 Å². The van der Waals surface area contributed by atoms with Crippen LogP contribution in [0.3, 0.4) is 0 Å². The van der Waals surface area contributed by atoms with Crippen molar-refractivity contribution < 1.29 is 8.85 Å². The van der Waals surface area contributed by atoms with Crippen LogP contribution in [0, 0.1) is 0 Å². The predicted molar refractivity (Wildman–Crippen MR) is 68.1 cm³/mol. The molecule has 0 fully saturated rings. The first-order chi connectivity index (χ1) is 7.11. The van der Waals surface area contributed by atoms with Gasteiger partial charge in [0.05, 0.1) is 0 Å². The Morgan fingerprint density at radius 3 is 2.07 bits per heavy atom. The number of hydrogen-bond donors (Lipinski definition) is 0. The fourth-order valence-corrected chi connectivity index (χ4v) is 3.42. The molecule has 0 aliphatic carbocycles. The average molecular weight is 230 g/mol. The van der Waals surface area contributed by atoms with E-state index in [2.05, 4.69) is 27.0 Å². The molecule has 0 N–H and O–H groups in total. The van der Waals surface area contributed by atoms with Crippen LogP contribution in [0.5, 0.6) is 0 Å².